The van der Waals surface area contributed by atoms with Crippen molar-refractivity contribution in [2.24, 2.45) is 0 Å². The van der Waals surface area contributed by atoms with Crippen LogP contribution in [0, 0.1) is 0 Å². The minimum absolute atomic E-state index is 0.370. The minimum atomic E-state index is -0.922. The van der Waals surface area contributed by atoms with Gasteiger partial charge in [-0.25, -0.2) is 0 Å². The summed E-state index contributed by atoms with van der Waals surface area (Å²) in [4.78, 5) is 25.4. The van der Waals surface area contributed by atoms with Gasteiger partial charge in [0.2, 0.25) is 0 Å². The van der Waals surface area contributed by atoms with E-state index in [0.29, 0.717) is 5.69 Å². The second kappa shape index (κ2) is 8.74. The average Bonchev–Trinajstić information content (AvgIpc) is 2.75. The summed E-state index contributed by atoms with van der Waals surface area (Å²) in [5, 5.41) is 2.89. The zero-order valence-corrected chi connectivity index (χ0v) is 16.9. The molecule has 4 nitrogen and oxygen atoms in total. The lowest BCUT2D eigenvalue weighted by Gasteiger charge is -2.25. The Bertz CT molecular complexity index is 981. The Hall–Kier alpha value is -3.40. The van der Waals surface area contributed by atoms with E-state index >= 15 is 0 Å². The molecule has 0 aliphatic rings. The number of nitrogens with one attached hydrogen (secondary N) is 1. The number of carbonyl (C=O) groups excluding carboxylic acids is 2. The molecular formula is C25H25NO3. The van der Waals surface area contributed by atoms with Crippen LogP contribution in [-0.4, -0.2) is 18.0 Å². The van der Waals surface area contributed by atoms with E-state index < -0.39 is 17.5 Å². The van der Waals surface area contributed by atoms with Crippen LogP contribution in [0.3, 0.4) is 0 Å². The highest BCUT2D eigenvalue weighted by Gasteiger charge is 2.33. The number of para-hydroxylation sites is 1. The molecule has 29 heavy (non-hydrogen) atoms. The molecule has 148 valence electrons. The first-order valence-corrected chi connectivity index (χ1v) is 9.61. The number of amides is 1. The van der Waals surface area contributed by atoms with Gasteiger partial charge in [0.1, 0.15) is 0 Å². The molecular weight excluding hydrogens is 362 g/mol. The van der Waals surface area contributed by atoms with E-state index in [2.05, 4.69) is 5.32 Å². The summed E-state index contributed by atoms with van der Waals surface area (Å²) in [7, 11) is 0. The Kier molecular flexibility index (Phi) is 6.13. The Balaban J connectivity index is 1.71. The fourth-order valence-electron chi connectivity index (χ4n) is 3.03. The second-order valence-corrected chi connectivity index (χ2v) is 7.44. The van der Waals surface area contributed by atoms with Gasteiger partial charge in [-0.1, -0.05) is 78.9 Å². The summed E-state index contributed by atoms with van der Waals surface area (Å²) in [5.74, 6) is -0.812. The Morgan fingerprint density at radius 3 is 2.03 bits per heavy atom. The van der Waals surface area contributed by atoms with Crippen molar-refractivity contribution in [1.29, 1.82) is 0 Å². The van der Waals surface area contributed by atoms with Crippen molar-refractivity contribution >= 4 is 17.6 Å². The van der Waals surface area contributed by atoms with E-state index in [-0.39, 0.29) is 5.91 Å². The van der Waals surface area contributed by atoms with Crippen molar-refractivity contribution in [3.05, 3.63) is 90.5 Å². The number of ether oxygens (including phenoxy) is 1. The van der Waals surface area contributed by atoms with Gasteiger partial charge in [0.25, 0.3) is 5.91 Å². The zero-order chi connectivity index (χ0) is 20.9. The lowest BCUT2D eigenvalue weighted by molar-refractivity contribution is -0.158. The first-order chi connectivity index (χ1) is 13.9. The molecule has 4 heteroatoms. The van der Waals surface area contributed by atoms with Gasteiger partial charge >= 0.3 is 5.97 Å². The van der Waals surface area contributed by atoms with Crippen LogP contribution in [0.25, 0.3) is 11.1 Å². The van der Waals surface area contributed by atoms with Crippen molar-refractivity contribution in [3.63, 3.8) is 0 Å². The lowest BCUT2D eigenvalue weighted by atomic mass is 9.85. The van der Waals surface area contributed by atoms with Gasteiger partial charge in [0.15, 0.2) is 6.10 Å². The molecule has 0 fully saturated rings. The highest BCUT2D eigenvalue weighted by atomic mass is 16.5. The van der Waals surface area contributed by atoms with Crippen LogP contribution in [0.1, 0.15) is 26.3 Å². The van der Waals surface area contributed by atoms with Crippen molar-refractivity contribution in [2.75, 3.05) is 5.32 Å². The number of esters is 1. The molecule has 1 atom stereocenters. The summed E-state index contributed by atoms with van der Waals surface area (Å²) in [6.45, 7) is 5.17. The third kappa shape index (κ3) is 4.72. The standard InChI is InChI=1S/C25H25NO3/c1-18(29-24(28)25(2,3)20-14-8-5-9-15-20)23(27)26-22-17-11-10-16-21(22)19-12-6-4-7-13-19/h4-18H,1-3H3,(H,26,27)/t18-/m0/s1. The van der Waals surface area contributed by atoms with E-state index in [1.165, 1.54) is 0 Å². The van der Waals surface area contributed by atoms with Crippen LogP contribution < -0.4 is 5.32 Å². The number of rotatable bonds is 6. The molecule has 0 bridgehead atoms. The topological polar surface area (TPSA) is 55.4 Å². The average molecular weight is 387 g/mol. The van der Waals surface area contributed by atoms with E-state index in [4.69, 9.17) is 4.74 Å². The molecule has 0 heterocycles. The molecule has 0 aliphatic heterocycles. The molecule has 0 aliphatic carbocycles. The van der Waals surface area contributed by atoms with Gasteiger partial charge in [-0.05, 0) is 38.0 Å². The number of hydrogen-bond acceptors (Lipinski definition) is 3. The number of anilines is 1. The molecule has 3 aromatic carbocycles. The van der Waals surface area contributed by atoms with Crippen LogP contribution in [0.4, 0.5) is 5.69 Å². The lowest BCUT2D eigenvalue weighted by Crippen LogP contribution is -2.37. The Morgan fingerprint density at radius 1 is 0.828 bits per heavy atom. The number of benzene rings is 3. The maximum atomic E-state index is 12.7. The fourth-order valence-corrected chi connectivity index (χ4v) is 3.03. The summed E-state index contributed by atoms with van der Waals surface area (Å²) in [5.41, 5.74) is 2.57. The summed E-state index contributed by atoms with van der Waals surface area (Å²) < 4.78 is 5.50. The van der Waals surface area contributed by atoms with Crippen LogP contribution >= 0.6 is 0 Å². The van der Waals surface area contributed by atoms with Crippen molar-refractivity contribution in [3.8, 4) is 11.1 Å². The van der Waals surface area contributed by atoms with Gasteiger partial charge in [0.05, 0.1) is 5.41 Å². The highest BCUT2D eigenvalue weighted by Crippen LogP contribution is 2.28. The van der Waals surface area contributed by atoms with Crippen LogP contribution in [0.5, 0.6) is 0 Å². The predicted octanol–water partition coefficient (Wildman–Crippen LogP) is 5.20. The molecule has 0 unspecified atom stereocenters. The first-order valence-electron chi connectivity index (χ1n) is 9.61. The zero-order valence-electron chi connectivity index (χ0n) is 16.9. The van der Waals surface area contributed by atoms with E-state index in [1.807, 2.05) is 84.9 Å². The third-order valence-electron chi connectivity index (χ3n) is 4.93. The van der Waals surface area contributed by atoms with Gasteiger partial charge in [-0.3, -0.25) is 9.59 Å². The van der Waals surface area contributed by atoms with Gasteiger partial charge in [-0.15, -0.1) is 0 Å². The number of hydrogen-bond donors (Lipinski definition) is 1. The maximum Gasteiger partial charge on any atom is 0.316 e. The summed E-state index contributed by atoms with van der Waals surface area (Å²) in [6, 6.07) is 26.8. The monoisotopic (exact) mass is 387 g/mol. The molecule has 3 aromatic rings. The molecule has 0 saturated heterocycles. The minimum Gasteiger partial charge on any atom is -0.452 e. The normalized spacial score (nSPS) is 12.1. The van der Waals surface area contributed by atoms with Crippen molar-refractivity contribution in [2.45, 2.75) is 32.3 Å². The predicted molar refractivity (Wildman–Crippen MR) is 116 cm³/mol. The Morgan fingerprint density at radius 2 is 1.38 bits per heavy atom. The smallest absolute Gasteiger partial charge is 0.316 e. The largest absolute Gasteiger partial charge is 0.452 e. The quantitative estimate of drug-likeness (QED) is 0.591. The van der Waals surface area contributed by atoms with Crippen molar-refractivity contribution < 1.29 is 14.3 Å². The summed E-state index contributed by atoms with van der Waals surface area (Å²) in [6.07, 6.45) is -0.922. The molecule has 1 N–H and O–H groups in total. The van der Waals surface area contributed by atoms with Crippen LogP contribution in [-0.2, 0) is 19.7 Å². The van der Waals surface area contributed by atoms with Crippen molar-refractivity contribution in [1.82, 2.24) is 0 Å². The van der Waals surface area contributed by atoms with E-state index in [0.717, 1.165) is 16.7 Å². The van der Waals surface area contributed by atoms with E-state index in [1.54, 1.807) is 20.8 Å². The molecule has 0 spiro atoms. The molecule has 0 aromatic heterocycles. The molecule has 0 saturated carbocycles. The fraction of sp³-hybridized carbons (Fsp3) is 0.200. The van der Waals surface area contributed by atoms with Gasteiger partial charge < -0.3 is 10.1 Å². The van der Waals surface area contributed by atoms with Crippen LogP contribution in [0.2, 0.25) is 0 Å². The van der Waals surface area contributed by atoms with Gasteiger partial charge in [-0.2, -0.15) is 0 Å². The van der Waals surface area contributed by atoms with Gasteiger partial charge in [0, 0.05) is 11.3 Å². The molecule has 1 amide bonds. The molecule has 0 radical (unpaired) electrons. The maximum absolute atomic E-state index is 12.7. The SMILES string of the molecule is C[C@H](OC(=O)C(C)(C)c1ccccc1)C(=O)Nc1ccccc1-c1ccccc1. The number of carbonyl (C=O) groups is 2. The molecule has 3 rings (SSSR count). The summed E-state index contributed by atoms with van der Waals surface area (Å²) >= 11 is 0. The first kappa shape index (κ1) is 20.3. The van der Waals surface area contributed by atoms with E-state index in [9.17, 15) is 9.59 Å². The highest BCUT2D eigenvalue weighted by molar-refractivity contribution is 5.99. The second-order valence-electron chi connectivity index (χ2n) is 7.44. The third-order valence-corrected chi connectivity index (χ3v) is 4.93. The Labute approximate surface area is 171 Å². The van der Waals surface area contributed by atoms with Crippen LogP contribution in [0.15, 0.2) is 84.9 Å².